The maximum absolute atomic E-state index is 2.23. The summed E-state index contributed by atoms with van der Waals surface area (Å²) in [5.41, 5.74) is 4.17. The molecule has 0 spiro atoms. The third-order valence-corrected chi connectivity index (χ3v) is 3.01. The van der Waals surface area contributed by atoms with Gasteiger partial charge in [-0.25, -0.2) is 0 Å². The lowest BCUT2D eigenvalue weighted by atomic mass is 9.94. The van der Waals surface area contributed by atoms with Gasteiger partial charge in [-0.2, -0.15) is 0 Å². The Morgan fingerprint density at radius 2 is 1.56 bits per heavy atom. The number of hydrogen-bond acceptors (Lipinski definition) is 0. The van der Waals surface area contributed by atoms with E-state index >= 15 is 0 Å². The third kappa shape index (κ3) is 1.67. The Morgan fingerprint density at radius 3 is 2.44 bits per heavy atom. The minimum Gasteiger partial charge on any atom is -0.0687 e. The molecular formula is C16H13. The first-order valence-corrected chi connectivity index (χ1v) is 5.61. The fourth-order valence-electron chi connectivity index (χ4n) is 2.18. The van der Waals surface area contributed by atoms with Gasteiger partial charge in [0.15, 0.2) is 0 Å². The fourth-order valence-corrected chi connectivity index (χ4v) is 2.18. The number of fused-ring (bicyclic) bond motifs is 1. The summed E-state index contributed by atoms with van der Waals surface area (Å²) in [6.07, 6.45) is 14.0. The highest BCUT2D eigenvalue weighted by molar-refractivity contribution is 5.61. The van der Waals surface area contributed by atoms with Crippen LogP contribution >= 0.6 is 0 Å². The first-order valence-electron chi connectivity index (χ1n) is 5.61. The molecule has 1 aromatic rings. The first kappa shape index (κ1) is 9.41. The second-order valence-electron chi connectivity index (χ2n) is 4.11. The Hall–Kier alpha value is -1.82. The molecule has 2 aliphatic carbocycles. The van der Waals surface area contributed by atoms with Crippen molar-refractivity contribution >= 4 is 0 Å². The summed E-state index contributed by atoms with van der Waals surface area (Å²) in [6.45, 7) is 0. The van der Waals surface area contributed by atoms with Gasteiger partial charge < -0.3 is 0 Å². The molecule has 0 saturated carbocycles. The molecule has 0 saturated heterocycles. The maximum Gasteiger partial charge on any atom is 0.0488 e. The van der Waals surface area contributed by atoms with Gasteiger partial charge in [-0.3, -0.25) is 0 Å². The van der Waals surface area contributed by atoms with Crippen LogP contribution in [-0.2, 0) is 6.42 Å². The van der Waals surface area contributed by atoms with E-state index in [0.29, 0.717) is 0 Å². The predicted octanol–water partition coefficient (Wildman–Crippen LogP) is 3.80. The molecule has 1 radical (unpaired) electrons. The van der Waals surface area contributed by atoms with Crippen molar-refractivity contribution in [2.45, 2.75) is 6.42 Å². The van der Waals surface area contributed by atoms with Gasteiger partial charge in [-0.1, -0.05) is 66.8 Å². The molecule has 0 amide bonds. The van der Waals surface area contributed by atoms with E-state index in [4.69, 9.17) is 0 Å². The minimum absolute atomic E-state index is 1.02. The van der Waals surface area contributed by atoms with Crippen molar-refractivity contribution in [3.8, 4) is 0 Å². The zero-order valence-electron chi connectivity index (χ0n) is 9.06. The van der Waals surface area contributed by atoms with Crippen molar-refractivity contribution in [3.05, 3.63) is 89.4 Å². The topological polar surface area (TPSA) is 0 Å². The molecule has 0 heterocycles. The van der Waals surface area contributed by atoms with Gasteiger partial charge in [0.05, 0.1) is 0 Å². The van der Waals surface area contributed by atoms with E-state index in [9.17, 15) is 0 Å². The van der Waals surface area contributed by atoms with Crippen LogP contribution in [0.5, 0.6) is 0 Å². The average molecular weight is 205 g/mol. The molecule has 0 atom stereocenters. The second-order valence-corrected chi connectivity index (χ2v) is 4.11. The van der Waals surface area contributed by atoms with Crippen molar-refractivity contribution < 1.29 is 0 Å². The molecule has 0 fully saturated rings. The van der Waals surface area contributed by atoms with Crippen LogP contribution in [0, 0.1) is 5.92 Å². The van der Waals surface area contributed by atoms with Gasteiger partial charge in [0.1, 0.15) is 0 Å². The molecular weight excluding hydrogens is 192 g/mol. The van der Waals surface area contributed by atoms with E-state index < -0.39 is 0 Å². The Kier molecular flexibility index (Phi) is 2.34. The summed E-state index contributed by atoms with van der Waals surface area (Å²) >= 11 is 0. The highest BCUT2D eigenvalue weighted by Gasteiger charge is 2.18. The lowest BCUT2D eigenvalue weighted by Gasteiger charge is -2.10. The van der Waals surface area contributed by atoms with Crippen molar-refractivity contribution in [2.75, 3.05) is 0 Å². The normalized spacial score (nSPS) is 18.2. The highest BCUT2D eigenvalue weighted by atomic mass is 14.2. The average Bonchev–Trinajstić information content (AvgIpc) is 2.74. The molecule has 0 unspecified atom stereocenters. The SMILES string of the molecule is C1=C[C]2C=CC(Cc3ccccc3)=C2C=C1. The summed E-state index contributed by atoms with van der Waals surface area (Å²) in [4.78, 5) is 0. The van der Waals surface area contributed by atoms with Gasteiger partial charge >= 0.3 is 0 Å². The molecule has 16 heavy (non-hydrogen) atoms. The zero-order chi connectivity index (χ0) is 10.8. The standard InChI is InChI=1S/C16H13/c1-2-6-13(7-3-1)12-15-11-10-14-8-4-5-9-16(14)15/h1-11H,12H2. The molecule has 1 aromatic carbocycles. The van der Waals surface area contributed by atoms with Gasteiger partial charge in [0, 0.05) is 5.92 Å². The summed E-state index contributed by atoms with van der Waals surface area (Å²) in [6, 6.07) is 10.6. The molecule has 77 valence electrons. The van der Waals surface area contributed by atoms with Crippen LogP contribution in [0.3, 0.4) is 0 Å². The van der Waals surface area contributed by atoms with E-state index in [1.165, 1.54) is 22.6 Å². The van der Waals surface area contributed by atoms with Crippen LogP contribution in [0.25, 0.3) is 0 Å². The molecule has 0 N–H and O–H groups in total. The molecule has 2 aliphatic rings. The van der Waals surface area contributed by atoms with E-state index in [1.54, 1.807) is 0 Å². The number of allylic oxidation sites excluding steroid dienone is 8. The first-order chi connectivity index (χ1) is 7.93. The van der Waals surface area contributed by atoms with E-state index in [0.717, 1.165) is 6.42 Å². The summed E-state index contributed by atoms with van der Waals surface area (Å²) in [5.74, 6) is 1.34. The van der Waals surface area contributed by atoms with E-state index in [1.807, 2.05) is 0 Å². The second kappa shape index (κ2) is 3.97. The molecule has 0 bridgehead atoms. The predicted molar refractivity (Wildman–Crippen MR) is 67.8 cm³/mol. The monoisotopic (exact) mass is 205 g/mol. The molecule has 0 aliphatic heterocycles. The highest BCUT2D eigenvalue weighted by Crippen LogP contribution is 2.33. The van der Waals surface area contributed by atoms with Crippen LogP contribution in [0.1, 0.15) is 5.56 Å². The number of benzene rings is 1. The van der Waals surface area contributed by atoms with Crippen molar-refractivity contribution in [1.82, 2.24) is 0 Å². The van der Waals surface area contributed by atoms with Crippen molar-refractivity contribution in [2.24, 2.45) is 0 Å². The Morgan fingerprint density at radius 1 is 0.750 bits per heavy atom. The minimum atomic E-state index is 1.02. The Balaban J connectivity index is 1.89. The van der Waals surface area contributed by atoms with E-state index in [2.05, 4.69) is 66.8 Å². The lowest BCUT2D eigenvalue weighted by Crippen LogP contribution is -1.95. The van der Waals surface area contributed by atoms with Crippen LogP contribution in [0.2, 0.25) is 0 Å². The van der Waals surface area contributed by atoms with Gasteiger partial charge in [0.25, 0.3) is 0 Å². The summed E-state index contributed by atoms with van der Waals surface area (Å²) in [5, 5.41) is 0. The molecule has 0 aromatic heterocycles. The van der Waals surface area contributed by atoms with Crippen LogP contribution in [-0.4, -0.2) is 0 Å². The van der Waals surface area contributed by atoms with Gasteiger partial charge in [-0.15, -0.1) is 0 Å². The van der Waals surface area contributed by atoms with E-state index in [-0.39, 0.29) is 0 Å². The largest absolute Gasteiger partial charge is 0.0687 e. The number of hydrogen-bond donors (Lipinski definition) is 0. The quantitative estimate of drug-likeness (QED) is 0.689. The van der Waals surface area contributed by atoms with Crippen molar-refractivity contribution in [3.63, 3.8) is 0 Å². The molecule has 3 rings (SSSR count). The van der Waals surface area contributed by atoms with Crippen LogP contribution < -0.4 is 0 Å². The zero-order valence-corrected chi connectivity index (χ0v) is 9.06. The fraction of sp³-hybridized carbons (Fsp3) is 0.0625. The van der Waals surface area contributed by atoms with Crippen LogP contribution in [0.4, 0.5) is 0 Å². The Bertz CT molecular complexity index is 498. The maximum atomic E-state index is 2.23. The Labute approximate surface area is 96.3 Å². The molecule has 0 heteroatoms. The van der Waals surface area contributed by atoms with Gasteiger partial charge in [-0.05, 0) is 23.1 Å². The smallest absolute Gasteiger partial charge is 0.0488 e. The number of rotatable bonds is 2. The molecule has 0 nitrogen and oxygen atoms in total. The third-order valence-electron chi connectivity index (χ3n) is 3.01. The summed E-state index contributed by atoms with van der Waals surface area (Å²) in [7, 11) is 0. The lowest BCUT2D eigenvalue weighted by molar-refractivity contribution is 1.18. The van der Waals surface area contributed by atoms with Crippen molar-refractivity contribution in [1.29, 1.82) is 0 Å². The van der Waals surface area contributed by atoms with Gasteiger partial charge in [0.2, 0.25) is 0 Å². The summed E-state index contributed by atoms with van der Waals surface area (Å²) < 4.78 is 0. The van der Waals surface area contributed by atoms with Crippen LogP contribution in [0.15, 0.2) is 77.9 Å².